The fourth-order valence-electron chi connectivity index (χ4n) is 2.48. The van der Waals surface area contributed by atoms with Gasteiger partial charge in [-0.25, -0.2) is 0 Å². The summed E-state index contributed by atoms with van der Waals surface area (Å²) in [6.07, 6.45) is 5.32. The standard InChI is InChI=1S/C18H17ClN2O2/c19-14-7-5-6-13(12-14)17(15-8-1-3-10-20-15)21-18(22)16-9-2-4-11-23-16/h1,3,5-10,12,17H,2,4,11H2,(H,21,22)/t17-/m0/s1. The van der Waals surface area contributed by atoms with Crippen LogP contribution in [0.4, 0.5) is 0 Å². The van der Waals surface area contributed by atoms with Crippen LogP contribution in [0.5, 0.6) is 0 Å². The summed E-state index contributed by atoms with van der Waals surface area (Å²) < 4.78 is 5.44. The second kappa shape index (κ2) is 7.29. The molecule has 0 radical (unpaired) electrons. The van der Waals surface area contributed by atoms with Gasteiger partial charge in [0, 0.05) is 11.2 Å². The lowest BCUT2D eigenvalue weighted by atomic mass is 10.0. The highest BCUT2D eigenvalue weighted by molar-refractivity contribution is 6.30. The van der Waals surface area contributed by atoms with Crippen LogP contribution in [0.3, 0.4) is 0 Å². The first-order valence-corrected chi connectivity index (χ1v) is 7.92. The first kappa shape index (κ1) is 15.6. The van der Waals surface area contributed by atoms with Crippen LogP contribution in [0.2, 0.25) is 5.02 Å². The average molecular weight is 329 g/mol. The van der Waals surface area contributed by atoms with E-state index in [-0.39, 0.29) is 11.9 Å². The minimum absolute atomic E-state index is 0.236. The highest BCUT2D eigenvalue weighted by atomic mass is 35.5. The molecular formula is C18H17ClN2O2. The Morgan fingerprint density at radius 2 is 2.17 bits per heavy atom. The maximum atomic E-state index is 12.5. The molecule has 118 valence electrons. The Hall–Kier alpha value is -2.33. The molecule has 1 N–H and O–H groups in total. The van der Waals surface area contributed by atoms with Gasteiger partial charge in [-0.3, -0.25) is 9.78 Å². The van der Waals surface area contributed by atoms with Crippen LogP contribution < -0.4 is 5.32 Å². The first-order valence-electron chi connectivity index (χ1n) is 7.54. The van der Waals surface area contributed by atoms with E-state index < -0.39 is 0 Å². The third kappa shape index (κ3) is 3.90. The van der Waals surface area contributed by atoms with Gasteiger partial charge in [0.2, 0.25) is 0 Å². The zero-order valence-corrected chi connectivity index (χ0v) is 13.3. The normalized spacial score (nSPS) is 15.3. The van der Waals surface area contributed by atoms with E-state index in [1.807, 2.05) is 42.5 Å². The minimum atomic E-state index is -0.381. The fraction of sp³-hybridized carbons (Fsp3) is 0.222. The predicted octanol–water partition coefficient (Wildman–Crippen LogP) is 3.63. The Morgan fingerprint density at radius 3 is 2.87 bits per heavy atom. The number of benzene rings is 1. The van der Waals surface area contributed by atoms with Crippen LogP contribution >= 0.6 is 11.6 Å². The van der Waals surface area contributed by atoms with E-state index >= 15 is 0 Å². The highest BCUT2D eigenvalue weighted by Crippen LogP contribution is 2.24. The molecule has 5 heteroatoms. The van der Waals surface area contributed by atoms with Crippen molar-refractivity contribution < 1.29 is 9.53 Å². The first-order chi connectivity index (χ1) is 11.2. The van der Waals surface area contributed by atoms with Gasteiger partial charge in [0.15, 0.2) is 5.76 Å². The number of aromatic nitrogens is 1. The quantitative estimate of drug-likeness (QED) is 0.932. The molecule has 1 aliphatic heterocycles. The molecule has 0 saturated heterocycles. The number of nitrogens with zero attached hydrogens (tertiary/aromatic N) is 1. The molecule has 0 fully saturated rings. The van der Waals surface area contributed by atoms with Crippen molar-refractivity contribution in [3.63, 3.8) is 0 Å². The molecule has 3 rings (SSSR count). The van der Waals surface area contributed by atoms with E-state index in [9.17, 15) is 4.79 Å². The summed E-state index contributed by atoms with van der Waals surface area (Å²) in [5, 5.41) is 3.61. The van der Waals surface area contributed by atoms with Gasteiger partial charge in [-0.05, 0) is 48.7 Å². The summed E-state index contributed by atoms with van der Waals surface area (Å²) >= 11 is 6.09. The maximum absolute atomic E-state index is 12.5. The van der Waals surface area contributed by atoms with E-state index in [0.717, 1.165) is 24.1 Å². The number of hydrogen-bond acceptors (Lipinski definition) is 3. The van der Waals surface area contributed by atoms with Gasteiger partial charge in [0.25, 0.3) is 5.91 Å². The van der Waals surface area contributed by atoms with Crippen molar-refractivity contribution in [1.29, 1.82) is 0 Å². The smallest absolute Gasteiger partial charge is 0.286 e. The molecule has 1 aromatic carbocycles. The topological polar surface area (TPSA) is 51.2 Å². The molecule has 23 heavy (non-hydrogen) atoms. The Morgan fingerprint density at radius 1 is 1.26 bits per heavy atom. The number of nitrogens with one attached hydrogen (secondary N) is 1. The lowest BCUT2D eigenvalue weighted by Gasteiger charge is -2.21. The molecular weight excluding hydrogens is 312 g/mol. The molecule has 0 bridgehead atoms. The zero-order valence-electron chi connectivity index (χ0n) is 12.5. The molecule has 0 aliphatic carbocycles. The van der Waals surface area contributed by atoms with Crippen molar-refractivity contribution in [2.24, 2.45) is 0 Å². The molecule has 2 aromatic rings. The lowest BCUT2D eigenvalue weighted by Crippen LogP contribution is -2.32. The van der Waals surface area contributed by atoms with Gasteiger partial charge in [-0.1, -0.05) is 29.8 Å². The van der Waals surface area contributed by atoms with E-state index in [1.54, 1.807) is 12.3 Å². The number of carbonyl (C=O) groups is 1. The summed E-state index contributed by atoms with van der Waals surface area (Å²) in [4.78, 5) is 16.8. The largest absolute Gasteiger partial charge is 0.488 e. The number of carbonyl (C=O) groups excluding carboxylic acids is 1. The van der Waals surface area contributed by atoms with Crippen LogP contribution in [-0.4, -0.2) is 17.5 Å². The number of rotatable bonds is 4. The summed E-state index contributed by atoms with van der Waals surface area (Å²) in [7, 11) is 0. The number of amides is 1. The summed E-state index contributed by atoms with van der Waals surface area (Å²) in [6.45, 7) is 0.574. The van der Waals surface area contributed by atoms with Crippen LogP contribution in [0.1, 0.15) is 30.1 Å². The number of pyridine rings is 1. The number of ether oxygens (including phenoxy) is 1. The van der Waals surface area contributed by atoms with Crippen LogP contribution in [-0.2, 0) is 9.53 Å². The summed E-state index contributed by atoms with van der Waals surface area (Å²) in [5.74, 6) is 0.138. The van der Waals surface area contributed by atoms with Crippen molar-refractivity contribution in [3.05, 3.63) is 76.8 Å². The van der Waals surface area contributed by atoms with E-state index in [0.29, 0.717) is 17.4 Å². The number of hydrogen-bond donors (Lipinski definition) is 1. The Labute approximate surface area is 140 Å². The van der Waals surface area contributed by atoms with Gasteiger partial charge in [-0.15, -0.1) is 0 Å². The zero-order chi connectivity index (χ0) is 16.1. The molecule has 1 aliphatic rings. The van der Waals surface area contributed by atoms with E-state index in [2.05, 4.69) is 10.3 Å². The van der Waals surface area contributed by atoms with Gasteiger partial charge >= 0.3 is 0 Å². The maximum Gasteiger partial charge on any atom is 0.286 e. The third-order valence-electron chi connectivity index (χ3n) is 3.60. The Bertz CT molecular complexity index is 716. The van der Waals surface area contributed by atoms with Crippen molar-refractivity contribution in [1.82, 2.24) is 10.3 Å². The van der Waals surface area contributed by atoms with E-state index in [1.165, 1.54) is 0 Å². The highest BCUT2D eigenvalue weighted by Gasteiger charge is 2.22. The molecule has 1 aromatic heterocycles. The van der Waals surface area contributed by atoms with Crippen molar-refractivity contribution in [2.45, 2.75) is 18.9 Å². The number of halogens is 1. The Balaban J connectivity index is 1.89. The SMILES string of the molecule is O=C(N[C@@H](c1cccc(Cl)c1)c1ccccn1)C1=CCCCO1. The second-order valence-electron chi connectivity index (χ2n) is 5.28. The van der Waals surface area contributed by atoms with Gasteiger partial charge < -0.3 is 10.1 Å². The van der Waals surface area contributed by atoms with Crippen molar-refractivity contribution >= 4 is 17.5 Å². The molecule has 1 atom stereocenters. The van der Waals surface area contributed by atoms with Crippen LogP contribution in [0.25, 0.3) is 0 Å². The van der Waals surface area contributed by atoms with Gasteiger partial charge in [0.05, 0.1) is 18.3 Å². The summed E-state index contributed by atoms with van der Waals surface area (Å²) in [5.41, 5.74) is 1.63. The summed E-state index contributed by atoms with van der Waals surface area (Å²) in [6, 6.07) is 12.6. The minimum Gasteiger partial charge on any atom is -0.488 e. The molecule has 4 nitrogen and oxygen atoms in total. The lowest BCUT2D eigenvalue weighted by molar-refractivity contribution is -0.121. The predicted molar refractivity (Wildman–Crippen MR) is 88.9 cm³/mol. The van der Waals surface area contributed by atoms with Gasteiger partial charge in [0.1, 0.15) is 0 Å². The molecule has 0 spiro atoms. The fourth-order valence-corrected chi connectivity index (χ4v) is 2.68. The molecule has 0 saturated carbocycles. The van der Waals surface area contributed by atoms with E-state index in [4.69, 9.17) is 16.3 Å². The average Bonchev–Trinajstić information content (AvgIpc) is 2.61. The molecule has 2 heterocycles. The molecule has 0 unspecified atom stereocenters. The number of allylic oxidation sites excluding steroid dienone is 1. The third-order valence-corrected chi connectivity index (χ3v) is 3.84. The molecule has 1 amide bonds. The second-order valence-corrected chi connectivity index (χ2v) is 5.71. The monoisotopic (exact) mass is 328 g/mol. The van der Waals surface area contributed by atoms with Crippen molar-refractivity contribution in [2.75, 3.05) is 6.61 Å². The van der Waals surface area contributed by atoms with Gasteiger partial charge in [-0.2, -0.15) is 0 Å². The Kier molecular flexibility index (Phi) is 4.93. The van der Waals surface area contributed by atoms with Crippen molar-refractivity contribution in [3.8, 4) is 0 Å². The van der Waals surface area contributed by atoms with Crippen LogP contribution in [0.15, 0.2) is 60.5 Å². The van der Waals surface area contributed by atoms with Crippen LogP contribution in [0, 0.1) is 0 Å².